The molecule has 2 amide bonds. The molecule has 0 bridgehead atoms. The predicted octanol–water partition coefficient (Wildman–Crippen LogP) is 2.66. The van der Waals surface area contributed by atoms with Crippen LogP contribution >= 0.6 is 0 Å². The maximum absolute atomic E-state index is 12.9. The molecule has 0 fully saturated rings. The summed E-state index contributed by atoms with van der Waals surface area (Å²) in [6, 6.07) is 11.2. The number of nitrogens with zero attached hydrogens (tertiary/aromatic N) is 4. The number of carbonyl (C=O) groups is 1. The number of urea groups is 1. The molecule has 0 atom stereocenters. The molecule has 0 unspecified atom stereocenters. The zero-order valence-corrected chi connectivity index (χ0v) is 17.4. The highest BCUT2D eigenvalue weighted by Crippen LogP contribution is 2.23. The van der Waals surface area contributed by atoms with Crippen LogP contribution in [-0.2, 0) is 16.6 Å². The summed E-state index contributed by atoms with van der Waals surface area (Å²) in [4.78, 5) is 16.1. The number of hydrogen-bond acceptors (Lipinski definition) is 6. The van der Waals surface area contributed by atoms with Gasteiger partial charge in [-0.05, 0) is 38.1 Å². The van der Waals surface area contributed by atoms with Gasteiger partial charge in [-0.1, -0.05) is 18.2 Å². The third-order valence-corrected chi connectivity index (χ3v) is 6.06. The van der Waals surface area contributed by atoms with Crippen LogP contribution in [0.1, 0.15) is 13.8 Å². The number of aromatic nitrogens is 3. The molecule has 0 aliphatic heterocycles. The van der Waals surface area contributed by atoms with E-state index in [0.717, 1.165) is 0 Å². The first-order valence-electron chi connectivity index (χ1n) is 9.33. The number of hydrogen-bond donors (Lipinski definition) is 3. The lowest BCUT2D eigenvalue weighted by Crippen LogP contribution is -2.34. The summed E-state index contributed by atoms with van der Waals surface area (Å²) in [7, 11) is -3.76. The van der Waals surface area contributed by atoms with Gasteiger partial charge in [0.15, 0.2) is 0 Å². The Kier molecular flexibility index (Phi) is 6.52. The summed E-state index contributed by atoms with van der Waals surface area (Å²) in [5.74, 6) is 0.288. The zero-order valence-electron chi connectivity index (χ0n) is 16.6. The van der Waals surface area contributed by atoms with Gasteiger partial charge >= 0.3 is 6.03 Å². The van der Waals surface area contributed by atoms with Crippen molar-refractivity contribution in [2.24, 2.45) is 0 Å². The Hall–Kier alpha value is -3.60. The number of carbonyl (C=O) groups excluding carboxylic acids is 1. The molecule has 0 saturated carbocycles. The number of para-hydroxylation sites is 1. The van der Waals surface area contributed by atoms with Crippen LogP contribution in [0.2, 0.25) is 0 Å². The van der Waals surface area contributed by atoms with E-state index in [-0.39, 0.29) is 17.3 Å². The quantitative estimate of drug-likeness (QED) is 0.473. The topological polar surface area (TPSA) is 121 Å². The van der Waals surface area contributed by atoms with Crippen molar-refractivity contribution in [2.45, 2.75) is 25.3 Å². The van der Waals surface area contributed by atoms with Crippen molar-refractivity contribution in [2.75, 3.05) is 21.6 Å². The number of aryl methyl sites for hydroxylation is 1. The number of benzene rings is 1. The monoisotopic (exact) mass is 429 g/mol. The predicted molar refractivity (Wildman–Crippen MR) is 115 cm³/mol. The lowest BCUT2D eigenvalue weighted by molar-refractivity contribution is 0.254. The zero-order chi connectivity index (χ0) is 21.6. The average molecular weight is 430 g/mol. The molecular formula is C19H23N7O3S. The SMILES string of the molecule is CCN(c1ccccc1)S(=O)(=O)c1ccc(NNC(=O)Nc2cnn(CC)c2)nc1. The minimum absolute atomic E-state index is 0.0511. The molecule has 3 aromatic rings. The van der Waals surface area contributed by atoms with E-state index in [0.29, 0.717) is 17.9 Å². The molecule has 3 rings (SSSR count). The fourth-order valence-electron chi connectivity index (χ4n) is 2.70. The number of sulfonamides is 1. The third-order valence-electron chi connectivity index (χ3n) is 4.17. The highest BCUT2D eigenvalue weighted by molar-refractivity contribution is 7.92. The molecule has 0 aliphatic rings. The Labute approximate surface area is 174 Å². The number of anilines is 3. The number of amides is 2. The van der Waals surface area contributed by atoms with Crippen LogP contribution < -0.4 is 20.5 Å². The number of pyridine rings is 1. The van der Waals surface area contributed by atoms with Crippen molar-refractivity contribution >= 4 is 33.2 Å². The molecule has 10 nitrogen and oxygen atoms in total. The van der Waals surface area contributed by atoms with Gasteiger partial charge in [0.1, 0.15) is 10.7 Å². The van der Waals surface area contributed by atoms with Crippen molar-refractivity contribution in [1.82, 2.24) is 20.2 Å². The summed E-state index contributed by atoms with van der Waals surface area (Å²) in [6.45, 7) is 4.68. The van der Waals surface area contributed by atoms with Crippen molar-refractivity contribution in [3.8, 4) is 0 Å². The van der Waals surface area contributed by atoms with Crippen molar-refractivity contribution < 1.29 is 13.2 Å². The van der Waals surface area contributed by atoms with E-state index in [1.165, 1.54) is 28.8 Å². The normalized spacial score (nSPS) is 11.0. The van der Waals surface area contributed by atoms with Crippen LogP contribution in [0.25, 0.3) is 0 Å². The van der Waals surface area contributed by atoms with Gasteiger partial charge < -0.3 is 5.32 Å². The lowest BCUT2D eigenvalue weighted by atomic mass is 10.3. The van der Waals surface area contributed by atoms with E-state index in [4.69, 9.17) is 0 Å². The Bertz CT molecular complexity index is 1080. The number of hydrazine groups is 1. The van der Waals surface area contributed by atoms with Crippen LogP contribution in [0.4, 0.5) is 22.0 Å². The fourth-order valence-corrected chi connectivity index (χ4v) is 4.12. The van der Waals surface area contributed by atoms with Crippen LogP contribution in [0.5, 0.6) is 0 Å². The molecule has 3 N–H and O–H groups in total. The summed E-state index contributed by atoms with van der Waals surface area (Å²) in [5, 5.41) is 6.68. The molecule has 2 aromatic heterocycles. The number of rotatable bonds is 8. The summed E-state index contributed by atoms with van der Waals surface area (Å²) in [6.07, 6.45) is 4.48. The summed E-state index contributed by atoms with van der Waals surface area (Å²) < 4.78 is 28.9. The second kappa shape index (κ2) is 9.27. The molecule has 0 aliphatic carbocycles. The minimum atomic E-state index is -3.76. The first-order chi connectivity index (χ1) is 14.4. The van der Waals surface area contributed by atoms with Gasteiger partial charge in [0.25, 0.3) is 10.0 Å². The van der Waals surface area contributed by atoms with Crippen LogP contribution in [0.3, 0.4) is 0 Å². The molecule has 0 saturated heterocycles. The van der Waals surface area contributed by atoms with Crippen LogP contribution in [0, 0.1) is 0 Å². The molecular weight excluding hydrogens is 406 g/mol. The molecule has 11 heteroatoms. The van der Waals surface area contributed by atoms with Crippen molar-refractivity contribution in [1.29, 1.82) is 0 Å². The third kappa shape index (κ3) is 4.87. The molecule has 2 heterocycles. The molecule has 1 aromatic carbocycles. The highest BCUT2D eigenvalue weighted by atomic mass is 32.2. The van der Waals surface area contributed by atoms with E-state index in [1.807, 2.05) is 13.0 Å². The maximum Gasteiger partial charge on any atom is 0.337 e. The Morgan fingerprint density at radius 1 is 1.10 bits per heavy atom. The Balaban J connectivity index is 1.63. The lowest BCUT2D eigenvalue weighted by Gasteiger charge is -2.22. The minimum Gasteiger partial charge on any atom is -0.304 e. The van der Waals surface area contributed by atoms with E-state index in [9.17, 15) is 13.2 Å². The van der Waals surface area contributed by atoms with Gasteiger partial charge in [-0.3, -0.25) is 19.8 Å². The maximum atomic E-state index is 12.9. The first-order valence-corrected chi connectivity index (χ1v) is 10.8. The van der Waals surface area contributed by atoms with E-state index < -0.39 is 16.1 Å². The van der Waals surface area contributed by atoms with Gasteiger partial charge in [-0.2, -0.15) is 5.10 Å². The van der Waals surface area contributed by atoms with E-state index in [1.54, 1.807) is 42.1 Å². The van der Waals surface area contributed by atoms with Gasteiger partial charge in [0.2, 0.25) is 0 Å². The van der Waals surface area contributed by atoms with Gasteiger partial charge in [-0.25, -0.2) is 18.2 Å². The summed E-state index contributed by atoms with van der Waals surface area (Å²) >= 11 is 0. The molecule has 0 spiro atoms. The number of nitrogens with one attached hydrogen (secondary N) is 3. The first kappa shape index (κ1) is 21.1. The van der Waals surface area contributed by atoms with E-state index >= 15 is 0 Å². The second-order valence-corrected chi connectivity index (χ2v) is 8.04. The van der Waals surface area contributed by atoms with Gasteiger partial charge in [0.05, 0.1) is 17.6 Å². The smallest absolute Gasteiger partial charge is 0.304 e. The summed E-state index contributed by atoms with van der Waals surface area (Å²) in [5.41, 5.74) is 6.19. The second-order valence-electron chi connectivity index (χ2n) is 6.17. The Morgan fingerprint density at radius 3 is 2.47 bits per heavy atom. The van der Waals surface area contributed by atoms with Crippen LogP contribution in [0.15, 0.2) is 66.0 Å². The Morgan fingerprint density at radius 2 is 1.87 bits per heavy atom. The fraction of sp³-hybridized carbons (Fsp3) is 0.211. The highest BCUT2D eigenvalue weighted by Gasteiger charge is 2.23. The van der Waals surface area contributed by atoms with Gasteiger partial charge in [-0.15, -0.1) is 0 Å². The largest absolute Gasteiger partial charge is 0.337 e. The average Bonchev–Trinajstić information content (AvgIpc) is 3.21. The van der Waals surface area contributed by atoms with Crippen molar-refractivity contribution in [3.63, 3.8) is 0 Å². The van der Waals surface area contributed by atoms with Crippen LogP contribution in [-0.4, -0.2) is 35.8 Å². The van der Waals surface area contributed by atoms with E-state index in [2.05, 4.69) is 26.3 Å². The van der Waals surface area contributed by atoms with Crippen molar-refractivity contribution in [3.05, 3.63) is 61.1 Å². The standard InChI is InChI=1S/C19H23N7O3S/c1-3-25-14-15(12-21-25)22-19(27)24-23-18-11-10-17(13-20-18)30(28,29)26(4-2)16-8-6-5-7-9-16/h5-14H,3-4H2,1-2H3,(H,20,23)(H2,22,24,27). The molecule has 158 valence electrons. The molecule has 30 heavy (non-hydrogen) atoms. The van der Waals surface area contributed by atoms with Gasteiger partial charge in [0, 0.05) is 25.5 Å². The molecule has 0 radical (unpaired) electrons.